The van der Waals surface area contributed by atoms with E-state index in [4.69, 9.17) is 0 Å². The molecule has 0 aliphatic heterocycles. The third-order valence-electron chi connectivity index (χ3n) is 2.95. The number of hydrogen-bond acceptors (Lipinski definition) is 3. The van der Waals surface area contributed by atoms with Gasteiger partial charge in [-0.25, -0.2) is 4.98 Å². The van der Waals surface area contributed by atoms with Crippen LogP contribution >= 0.6 is 0 Å². The van der Waals surface area contributed by atoms with Gasteiger partial charge in [0.05, 0.1) is 0 Å². The number of rotatable bonds is 5. The molecule has 1 aromatic carbocycles. The molecular weight excluding hydrogens is 250 g/mol. The summed E-state index contributed by atoms with van der Waals surface area (Å²) in [5.74, 6) is 0.776. The number of carbonyl (C=O) groups is 1. The van der Waals surface area contributed by atoms with Crippen LogP contribution < -0.4 is 10.6 Å². The summed E-state index contributed by atoms with van der Waals surface area (Å²) in [6.45, 7) is 5.23. The molecular formula is C16H19N3O. The van der Waals surface area contributed by atoms with Gasteiger partial charge < -0.3 is 10.6 Å². The Morgan fingerprint density at radius 2 is 1.80 bits per heavy atom. The zero-order valence-electron chi connectivity index (χ0n) is 11.8. The summed E-state index contributed by atoms with van der Waals surface area (Å²) in [4.78, 5) is 16.1. The number of aryl methyl sites for hydroxylation is 2. The third-order valence-corrected chi connectivity index (χ3v) is 2.95. The number of pyridine rings is 1. The maximum Gasteiger partial charge on any atom is 0.251 e. The normalized spacial score (nSPS) is 10.1. The first-order chi connectivity index (χ1) is 9.65. The molecule has 0 bridgehead atoms. The van der Waals surface area contributed by atoms with Gasteiger partial charge in [0, 0.05) is 24.8 Å². The molecule has 104 valence electrons. The fraction of sp³-hybridized carbons (Fsp3) is 0.250. The van der Waals surface area contributed by atoms with Crippen molar-refractivity contribution in [1.82, 2.24) is 10.3 Å². The highest BCUT2D eigenvalue weighted by Crippen LogP contribution is 2.04. The molecule has 4 nitrogen and oxygen atoms in total. The van der Waals surface area contributed by atoms with E-state index in [-0.39, 0.29) is 5.91 Å². The monoisotopic (exact) mass is 269 g/mol. The topological polar surface area (TPSA) is 54.0 Å². The minimum atomic E-state index is -0.0519. The second kappa shape index (κ2) is 6.70. The molecule has 20 heavy (non-hydrogen) atoms. The largest absolute Gasteiger partial charge is 0.368 e. The molecule has 4 heteroatoms. The van der Waals surface area contributed by atoms with Crippen LogP contribution in [0.25, 0.3) is 0 Å². The number of carbonyl (C=O) groups excluding carboxylic acids is 1. The summed E-state index contributed by atoms with van der Waals surface area (Å²) in [6.07, 6.45) is 1.77. The first-order valence-electron chi connectivity index (χ1n) is 6.66. The van der Waals surface area contributed by atoms with Gasteiger partial charge in [0.1, 0.15) is 5.82 Å². The van der Waals surface area contributed by atoms with Gasteiger partial charge in [-0.15, -0.1) is 0 Å². The van der Waals surface area contributed by atoms with Crippen LogP contribution in [0.3, 0.4) is 0 Å². The van der Waals surface area contributed by atoms with Crippen LogP contribution in [0, 0.1) is 13.8 Å². The first kappa shape index (κ1) is 14.1. The van der Waals surface area contributed by atoms with Crippen molar-refractivity contribution in [1.29, 1.82) is 0 Å². The summed E-state index contributed by atoms with van der Waals surface area (Å²) in [7, 11) is 0. The Labute approximate surface area is 119 Å². The number of benzene rings is 1. The molecule has 2 N–H and O–H groups in total. The highest BCUT2D eigenvalue weighted by molar-refractivity contribution is 5.94. The van der Waals surface area contributed by atoms with Gasteiger partial charge in [-0.05, 0) is 43.7 Å². The van der Waals surface area contributed by atoms with E-state index in [2.05, 4.69) is 15.6 Å². The van der Waals surface area contributed by atoms with E-state index in [0.717, 1.165) is 16.9 Å². The summed E-state index contributed by atoms with van der Waals surface area (Å²) >= 11 is 0. The molecule has 0 aliphatic rings. The van der Waals surface area contributed by atoms with Crippen molar-refractivity contribution < 1.29 is 4.79 Å². The lowest BCUT2D eigenvalue weighted by atomic mass is 10.1. The third kappa shape index (κ3) is 4.09. The van der Waals surface area contributed by atoms with E-state index in [1.807, 2.05) is 50.2 Å². The van der Waals surface area contributed by atoms with Crippen LogP contribution in [0.1, 0.15) is 21.5 Å². The Morgan fingerprint density at radius 3 is 2.50 bits per heavy atom. The Hall–Kier alpha value is -2.36. The second-order valence-corrected chi connectivity index (χ2v) is 4.77. The Kier molecular flexibility index (Phi) is 4.71. The molecule has 0 radical (unpaired) electrons. The Morgan fingerprint density at radius 1 is 1.05 bits per heavy atom. The van der Waals surface area contributed by atoms with Gasteiger partial charge in [0.2, 0.25) is 0 Å². The van der Waals surface area contributed by atoms with Crippen LogP contribution in [0.2, 0.25) is 0 Å². The van der Waals surface area contributed by atoms with Crippen LogP contribution in [-0.4, -0.2) is 24.0 Å². The number of hydrogen-bond donors (Lipinski definition) is 2. The van der Waals surface area contributed by atoms with Crippen molar-refractivity contribution >= 4 is 11.7 Å². The predicted molar refractivity (Wildman–Crippen MR) is 81.0 cm³/mol. The second-order valence-electron chi connectivity index (χ2n) is 4.77. The van der Waals surface area contributed by atoms with Crippen molar-refractivity contribution in [2.45, 2.75) is 13.8 Å². The Balaban J connectivity index is 1.76. The number of aromatic nitrogens is 1. The van der Waals surface area contributed by atoms with Gasteiger partial charge in [-0.2, -0.15) is 0 Å². The van der Waals surface area contributed by atoms with Crippen molar-refractivity contribution in [2.75, 3.05) is 18.4 Å². The molecule has 0 unspecified atom stereocenters. The van der Waals surface area contributed by atoms with Gasteiger partial charge in [0.15, 0.2) is 0 Å². The van der Waals surface area contributed by atoms with E-state index >= 15 is 0 Å². The molecule has 0 aliphatic carbocycles. The van der Waals surface area contributed by atoms with Crippen molar-refractivity contribution in [3.05, 3.63) is 59.3 Å². The fourth-order valence-electron chi connectivity index (χ4n) is 1.81. The van der Waals surface area contributed by atoms with Crippen molar-refractivity contribution in [3.63, 3.8) is 0 Å². The predicted octanol–water partition coefficient (Wildman–Crippen LogP) is 2.54. The summed E-state index contributed by atoms with van der Waals surface area (Å²) in [6, 6.07) is 11.5. The highest BCUT2D eigenvalue weighted by Gasteiger charge is 2.03. The number of anilines is 1. The smallest absolute Gasteiger partial charge is 0.251 e. The van der Waals surface area contributed by atoms with Gasteiger partial charge >= 0.3 is 0 Å². The van der Waals surface area contributed by atoms with Crippen molar-refractivity contribution in [2.24, 2.45) is 0 Å². The lowest BCUT2D eigenvalue weighted by Crippen LogP contribution is -2.28. The van der Waals surface area contributed by atoms with Crippen LogP contribution in [0.4, 0.5) is 5.82 Å². The van der Waals surface area contributed by atoms with Gasteiger partial charge in [0.25, 0.3) is 5.91 Å². The standard InChI is InChI=1S/C16H19N3O/c1-12-3-5-14(6-4-12)16(20)19-10-9-18-15-11-13(2)7-8-17-15/h3-8,11H,9-10H2,1-2H3,(H,17,18)(H,19,20). The SMILES string of the molecule is Cc1ccc(C(=O)NCCNc2cc(C)ccn2)cc1. The molecule has 0 saturated heterocycles. The molecule has 0 saturated carbocycles. The maximum absolute atomic E-state index is 11.9. The van der Waals surface area contributed by atoms with Crippen LogP contribution in [-0.2, 0) is 0 Å². The van der Waals surface area contributed by atoms with Crippen LogP contribution in [0.15, 0.2) is 42.6 Å². The quantitative estimate of drug-likeness (QED) is 0.820. The first-order valence-corrected chi connectivity index (χ1v) is 6.66. The van der Waals surface area contributed by atoms with E-state index in [1.165, 1.54) is 0 Å². The minimum Gasteiger partial charge on any atom is -0.368 e. The molecule has 1 aromatic heterocycles. The molecule has 1 heterocycles. The van der Waals surface area contributed by atoms with E-state index in [1.54, 1.807) is 6.20 Å². The average Bonchev–Trinajstić information content (AvgIpc) is 2.44. The molecule has 1 amide bonds. The molecule has 2 rings (SSSR count). The average molecular weight is 269 g/mol. The maximum atomic E-state index is 11.9. The van der Waals surface area contributed by atoms with E-state index in [0.29, 0.717) is 18.7 Å². The minimum absolute atomic E-state index is 0.0519. The zero-order chi connectivity index (χ0) is 14.4. The van der Waals surface area contributed by atoms with Gasteiger partial charge in [-0.1, -0.05) is 17.7 Å². The molecule has 0 atom stereocenters. The lowest BCUT2D eigenvalue weighted by molar-refractivity contribution is 0.0955. The summed E-state index contributed by atoms with van der Waals surface area (Å²) in [5.41, 5.74) is 2.99. The highest BCUT2D eigenvalue weighted by atomic mass is 16.1. The van der Waals surface area contributed by atoms with Crippen molar-refractivity contribution in [3.8, 4) is 0 Å². The van der Waals surface area contributed by atoms with E-state index in [9.17, 15) is 4.79 Å². The summed E-state index contributed by atoms with van der Waals surface area (Å²) < 4.78 is 0. The molecule has 0 spiro atoms. The number of nitrogens with zero attached hydrogens (tertiary/aromatic N) is 1. The number of amides is 1. The zero-order valence-corrected chi connectivity index (χ0v) is 11.8. The molecule has 2 aromatic rings. The van der Waals surface area contributed by atoms with E-state index < -0.39 is 0 Å². The number of nitrogens with one attached hydrogen (secondary N) is 2. The fourth-order valence-corrected chi connectivity index (χ4v) is 1.81. The lowest BCUT2D eigenvalue weighted by Gasteiger charge is -2.08. The summed E-state index contributed by atoms with van der Waals surface area (Å²) in [5, 5.41) is 6.05. The van der Waals surface area contributed by atoms with Gasteiger partial charge in [-0.3, -0.25) is 4.79 Å². The van der Waals surface area contributed by atoms with Crippen LogP contribution in [0.5, 0.6) is 0 Å². The molecule has 0 fully saturated rings. The Bertz CT molecular complexity index is 579.